The number of β-amino-alcohol motifs (C(OH)–C–C–N with tert-alkyl or cyclic N) is 1. The summed E-state index contributed by atoms with van der Waals surface area (Å²) in [4.78, 5) is 13.7. The van der Waals surface area contributed by atoms with Crippen molar-refractivity contribution in [3.8, 4) is 0 Å². The summed E-state index contributed by atoms with van der Waals surface area (Å²) in [5.41, 5.74) is 4.64. The van der Waals surface area contributed by atoms with E-state index in [-0.39, 0.29) is 11.3 Å². The van der Waals surface area contributed by atoms with Gasteiger partial charge in [0.2, 0.25) is 5.91 Å². The molecule has 0 aromatic heterocycles. The Morgan fingerprint density at radius 1 is 1.50 bits per heavy atom. The number of nitrogens with zero attached hydrogens (tertiary/aromatic N) is 1. The fraction of sp³-hybridized carbons (Fsp3) is 0.900. The van der Waals surface area contributed by atoms with Crippen molar-refractivity contribution < 1.29 is 9.90 Å². The van der Waals surface area contributed by atoms with Crippen molar-refractivity contribution >= 4 is 5.91 Å². The molecule has 1 heterocycles. The Balaban J connectivity index is 2.01. The molecule has 3 N–H and O–H groups in total. The lowest BCUT2D eigenvalue weighted by Crippen LogP contribution is -2.41. The van der Waals surface area contributed by atoms with Gasteiger partial charge in [-0.25, -0.2) is 0 Å². The Hall–Kier alpha value is -0.610. The van der Waals surface area contributed by atoms with Crippen LogP contribution in [0.15, 0.2) is 0 Å². The van der Waals surface area contributed by atoms with Crippen LogP contribution in [-0.2, 0) is 4.79 Å². The van der Waals surface area contributed by atoms with Crippen molar-refractivity contribution in [3.63, 3.8) is 0 Å². The first-order valence-electron chi connectivity index (χ1n) is 5.21. The second-order valence-corrected chi connectivity index (χ2v) is 4.96. The fourth-order valence-electron chi connectivity index (χ4n) is 2.11. The van der Waals surface area contributed by atoms with Gasteiger partial charge in [-0.1, -0.05) is 0 Å². The van der Waals surface area contributed by atoms with Crippen molar-refractivity contribution in [1.29, 1.82) is 0 Å². The van der Waals surface area contributed by atoms with E-state index in [1.165, 1.54) is 0 Å². The van der Waals surface area contributed by atoms with E-state index in [2.05, 4.69) is 0 Å². The van der Waals surface area contributed by atoms with Crippen LogP contribution in [-0.4, -0.2) is 41.1 Å². The van der Waals surface area contributed by atoms with E-state index in [4.69, 9.17) is 5.73 Å². The second kappa shape index (κ2) is 2.94. The van der Waals surface area contributed by atoms with E-state index in [1.54, 1.807) is 11.8 Å². The third-order valence-electron chi connectivity index (χ3n) is 3.44. The minimum atomic E-state index is -0.694. The number of nitrogens with two attached hydrogens (primary N) is 1. The van der Waals surface area contributed by atoms with Gasteiger partial charge >= 0.3 is 0 Å². The molecule has 0 aromatic rings. The van der Waals surface area contributed by atoms with Crippen molar-refractivity contribution in [2.24, 2.45) is 11.1 Å². The zero-order valence-corrected chi connectivity index (χ0v) is 8.62. The molecule has 0 aromatic carbocycles. The van der Waals surface area contributed by atoms with Gasteiger partial charge in [0.15, 0.2) is 0 Å². The Bertz CT molecular complexity index is 259. The van der Waals surface area contributed by atoms with Gasteiger partial charge in [-0.15, -0.1) is 0 Å². The average Bonchev–Trinajstić information content (AvgIpc) is 2.85. The zero-order valence-electron chi connectivity index (χ0n) is 8.62. The number of hydrogen-bond acceptors (Lipinski definition) is 3. The molecule has 0 bridgehead atoms. The van der Waals surface area contributed by atoms with Crippen molar-refractivity contribution in [2.45, 2.75) is 31.8 Å². The summed E-state index contributed by atoms with van der Waals surface area (Å²) in [5.74, 6) is 0.151. The molecule has 1 amide bonds. The molecule has 1 saturated heterocycles. The SMILES string of the molecule is CC1(O)CCN(C(=O)C2(CN)CC2)C1. The Kier molecular flexibility index (Phi) is 2.08. The summed E-state index contributed by atoms with van der Waals surface area (Å²) in [6, 6.07) is 0. The molecule has 80 valence electrons. The molecule has 0 spiro atoms. The van der Waals surface area contributed by atoms with Crippen LogP contribution < -0.4 is 5.73 Å². The maximum absolute atomic E-state index is 12.0. The van der Waals surface area contributed by atoms with E-state index in [1.807, 2.05) is 0 Å². The van der Waals surface area contributed by atoms with Gasteiger partial charge in [0.05, 0.1) is 11.0 Å². The average molecular weight is 198 g/mol. The molecule has 14 heavy (non-hydrogen) atoms. The molecule has 1 saturated carbocycles. The summed E-state index contributed by atoms with van der Waals surface area (Å²) < 4.78 is 0. The summed E-state index contributed by atoms with van der Waals surface area (Å²) in [6.45, 7) is 3.37. The predicted octanol–water partition coefficient (Wildman–Crippen LogP) is -0.291. The van der Waals surface area contributed by atoms with Crippen LogP contribution in [0.5, 0.6) is 0 Å². The third-order valence-corrected chi connectivity index (χ3v) is 3.44. The molecule has 1 atom stereocenters. The van der Waals surface area contributed by atoms with Crippen LogP contribution in [0.4, 0.5) is 0 Å². The Labute approximate surface area is 84.1 Å². The smallest absolute Gasteiger partial charge is 0.230 e. The van der Waals surface area contributed by atoms with E-state index in [9.17, 15) is 9.90 Å². The number of hydrogen-bond donors (Lipinski definition) is 2. The monoisotopic (exact) mass is 198 g/mol. The summed E-state index contributed by atoms with van der Waals surface area (Å²) in [7, 11) is 0. The highest BCUT2D eigenvalue weighted by atomic mass is 16.3. The van der Waals surface area contributed by atoms with Crippen LogP contribution in [0, 0.1) is 5.41 Å². The number of carbonyl (C=O) groups is 1. The summed E-state index contributed by atoms with van der Waals surface area (Å²) in [6.07, 6.45) is 2.52. The molecule has 0 radical (unpaired) electrons. The molecule has 2 aliphatic rings. The zero-order chi connectivity index (χ0) is 10.4. The highest BCUT2D eigenvalue weighted by Crippen LogP contribution is 2.46. The maximum atomic E-state index is 12.0. The lowest BCUT2D eigenvalue weighted by atomic mass is 10.1. The van der Waals surface area contributed by atoms with Gasteiger partial charge < -0.3 is 15.7 Å². The van der Waals surface area contributed by atoms with E-state index < -0.39 is 5.60 Å². The summed E-state index contributed by atoms with van der Waals surface area (Å²) in [5, 5.41) is 9.75. The first kappa shape index (κ1) is 9.93. The molecule has 2 rings (SSSR count). The number of rotatable bonds is 2. The van der Waals surface area contributed by atoms with Gasteiger partial charge in [0.1, 0.15) is 0 Å². The normalized spacial score (nSPS) is 34.6. The van der Waals surface area contributed by atoms with Crippen LogP contribution in [0.2, 0.25) is 0 Å². The van der Waals surface area contributed by atoms with Gasteiger partial charge in [-0.05, 0) is 26.2 Å². The first-order valence-corrected chi connectivity index (χ1v) is 5.21. The lowest BCUT2D eigenvalue weighted by molar-refractivity contribution is -0.136. The highest BCUT2D eigenvalue weighted by Gasteiger charge is 2.52. The minimum Gasteiger partial charge on any atom is -0.388 e. The van der Waals surface area contributed by atoms with Gasteiger partial charge in [-0.2, -0.15) is 0 Å². The number of likely N-dealkylation sites (tertiary alicyclic amines) is 1. The van der Waals surface area contributed by atoms with Crippen molar-refractivity contribution in [3.05, 3.63) is 0 Å². The van der Waals surface area contributed by atoms with Crippen molar-refractivity contribution in [2.75, 3.05) is 19.6 Å². The molecule has 1 aliphatic heterocycles. The third kappa shape index (κ3) is 1.53. The fourth-order valence-corrected chi connectivity index (χ4v) is 2.11. The van der Waals surface area contributed by atoms with E-state index in [0.717, 1.165) is 12.8 Å². The standard InChI is InChI=1S/C10H18N2O2/c1-9(14)4-5-12(7-9)8(13)10(6-11)2-3-10/h14H,2-7,11H2,1H3. The van der Waals surface area contributed by atoms with Gasteiger partial charge in [0, 0.05) is 19.6 Å². The van der Waals surface area contributed by atoms with Crippen LogP contribution in [0.3, 0.4) is 0 Å². The van der Waals surface area contributed by atoms with Crippen LogP contribution in [0.25, 0.3) is 0 Å². The lowest BCUT2D eigenvalue weighted by Gasteiger charge is -2.23. The molecular formula is C10H18N2O2. The first-order chi connectivity index (χ1) is 6.49. The Morgan fingerprint density at radius 3 is 2.50 bits per heavy atom. The number of aliphatic hydroxyl groups is 1. The van der Waals surface area contributed by atoms with Crippen LogP contribution >= 0.6 is 0 Å². The quantitative estimate of drug-likeness (QED) is 0.640. The summed E-state index contributed by atoms with van der Waals surface area (Å²) >= 11 is 0. The molecule has 1 aliphatic carbocycles. The number of amides is 1. The molecule has 1 unspecified atom stereocenters. The molecule has 4 nitrogen and oxygen atoms in total. The molecule has 4 heteroatoms. The number of carbonyl (C=O) groups excluding carboxylic acids is 1. The van der Waals surface area contributed by atoms with Crippen LogP contribution in [0.1, 0.15) is 26.2 Å². The second-order valence-electron chi connectivity index (χ2n) is 4.96. The molecular weight excluding hydrogens is 180 g/mol. The van der Waals surface area contributed by atoms with E-state index in [0.29, 0.717) is 26.1 Å². The predicted molar refractivity (Wildman–Crippen MR) is 52.5 cm³/mol. The minimum absolute atomic E-state index is 0.151. The topological polar surface area (TPSA) is 66.6 Å². The van der Waals surface area contributed by atoms with Gasteiger partial charge in [-0.3, -0.25) is 4.79 Å². The van der Waals surface area contributed by atoms with Crippen molar-refractivity contribution in [1.82, 2.24) is 4.90 Å². The maximum Gasteiger partial charge on any atom is 0.230 e. The van der Waals surface area contributed by atoms with Gasteiger partial charge in [0.25, 0.3) is 0 Å². The highest BCUT2D eigenvalue weighted by molar-refractivity contribution is 5.86. The van der Waals surface area contributed by atoms with E-state index >= 15 is 0 Å². The largest absolute Gasteiger partial charge is 0.388 e. The molecule has 2 fully saturated rings. The Morgan fingerprint density at radius 2 is 2.14 bits per heavy atom.